The summed E-state index contributed by atoms with van der Waals surface area (Å²) in [7, 11) is 0. The molecule has 0 saturated carbocycles. The van der Waals surface area contributed by atoms with Crippen LogP contribution in [-0.4, -0.2) is 23.1 Å². The second-order valence-corrected chi connectivity index (χ2v) is 4.98. The minimum absolute atomic E-state index is 0.119. The first-order valence-electron chi connectivity index (χ1n) is 6.85. The highest BCUT2D eigenvalue weighted by atomic mass is 16.4. The number of carboxylic acid groups (broad SMARTS) is 1. The molecule has 0 saturated heterocycles. The number of hydrogen-bond donors (Lipinski definition) is 3. The first kappa shape index (κ1) is 16.0. The van der Waals surface area contributed by atoms with E-state index in [2.05, 4.69) is 17.6 Å². The SMILES string of the molecule is CCCCC(C)NC(=O)Nc1ccc(C(=O)O)cc1C. The van der Waals surface area contributed by atoms with Crippen LogP contribution in [0.15, 0.2) is 18.2 Å². The van der Waals surface area contributed by atoms with Gasteiger partial charge < -0.3 is 15.7 Å². The number of nitrogens with one attached hydrogen (secondary N) is 2. The van der Waals surface area contributed by atoms with Crippen LogP contribution in [0.1, 0.15) is 49.0 Å². The van der Waals surface area contributed by atoms with Gasteiger partial charge in [-0.1, -0.05) is 19.8 Å². The molecular formula is C15H22N2O3. The number of hydrogen-bond acceptors (Lipinski definition) is 2. The molecule has 1 atom stereocenters. The fraction of sp³-hybridized carbons (Fsp3) is 0.467. The van der Waals surface area contributed by atoms with Crippen LogP contribution >= 0.6 is 0 Å². The molecule has 20 heavy (non-hydrogen) atoms. The fourth-order valence-corrected chi connectivity index (χ4v) is 1.90. The number of carbonyl (C=O) groups is 2. The van der Waals surface area contributed by atoms with Crippen molar-refractivity contribution in [3.8, 4) is 0 Å². The average Bonchev–Trinajstić information content (AvgIpc) is 2.38. The van der Waals surface area contributed by atoms with Gasteiger partial charge in [-0.2, -0.15) is 0 Å². The Bertz CT molecular complexity index is 486. The molecule has 5 nitrogen and oxygen atoms in total. The number of anilines is 1. The molecule has 0 spiro atoms. The van der Waals surface area contributed by atoms with E-state index in [4.69, 9.17) is 5.11 Å². The highest BCUT2D eigenvalue weighted by molar-refractivity contribution is 5.92. The van der Waals surface area contributed by atoms with E-state index < -0.39 is 5.97 Å². The van der Waals surface area contributed by atoms with Crippen molar-refractivity contribution in [3.05, 3.63) is 29.3 Å². The van der Waals surface area contributed by atoms with Gasteiger partial charge in [0.05, 0.1) is 5.56 Å². The van der Waals surface area contributed by atoms with E-state index in [-0.39, 0.29) is 17.6 Å². The summed E-state index contributed by atoms with van der Waals surface area (Å²) in [4.78, 5) is 22.7. The summed E-state index contributed by atoms with van der Waals surface area (Å²) >= 11 is 0. The minimum Gasteiger partial charge on any atom is -0.478 e. The van der Waals surface area contributed by atoms with Crippen LogP contribution in [0.25, 0.3) is 0 Å². The molecule has 2 amide bonds. The average molecular weight is 278 g/mol. The van der Waals surface area contributed by atoms with Crippen LogP contribution in [0, 0.1) is 6.92 Å². The summed E-state index contributed by atoms with van der Waals surface area (Å²) in [5, 5.41) is 14.5. The molecule has 1 unspecified atom stereocenters. The van der Waals surface area contributed by atoms with Gasteiger partial charge in [0, 0.05) is 11.7 Å². The maximum atomic E-state index is 11.8. The summed E-state index contributed by atoms with van der Waals surface area (Å²) in [6.45, 7) is 5.85. The Kier molecular flexibility index (Phi) is 6.03. The lowest BCUT2D eigenvalue weighted by molar-refractivity contribution is 0.0697. The Morgan fingerprint density at radius 3 is 2.60 bits per heavy atom. The van der Waals surface area contributed by atoms with E-state index in [9.17, 15) is 9.59 Å². The standard InChI is InChI=1S/C15H22N2O3/c1-4-5-6-11(3)16-15(20)17-13-8-7-12(14(18)19)9-10(13)2/h7-9,11H,4-6H2,1-3H3,(H,18,19)(H2,16,17,20). The molecule has 110 valence electrons. The smallest absolute Gasteiger partial charge is 0.335 e. The van der Waals surface area contributed by atoms with E-state index in [1.807, 2.05) is 6.92 Å². The van der Waals surface area contributed by atoms with Gasteiger partial charge in [0.2, 0.25) is 0 Å². The van der Waals surface area contributed by atoms with Crippen molar-refractivity contribution in [1.29, 1.82) is 0 Å². The van der Waals surface area contributed by atoms with Crippen molar-refractivity contribution >= 4 is 17.7 Å². The number of aromatic carboxylic acids is 1. The third-order valence-electron chi connectivity index (χ3n) is 3.09. The Morgan fingerprint density at radius 1 is 1.35 bits per heavy atom. The number of rotatable bonds is 6. The van der Waals surface area contributed by atoms with E-state index in [0.29, 0.717) is 5.69 Å². The van der Waals surface area contributed by atoms with Gasteiger partial charge in [-0.05, 0) is 44.0 Å². The predicted octanol–water partition coefficient (Wildman–Crippen LogP) is 3.39. The van der Waals surface area contributed by atoms with Crippen molar-refractivity contribution in [2.75, 3.05) is 5.32 Å². The van der Waals surface area contributed by atoms with E-state index in [1.54, 1.807) is 19.1 Å². The molecule has 1 aromatic rings. The molecule has 3 N–H and O–H groups in total. The minimum atomic E-state index is -0.975. The third kappa shape index (κ3) is 4.91. The second-order valence-electron chi connectivity index (χ2n) is 4.98. The summed E-state index contributed by atoms with van der Waals surface area (Å²) in [6.07, 6.45) is 3.12. The fourth-order valence-electron chi connectivity index (χ4n) is 1.90. The number of urea groups is 1. The lowest BCUT2D eigenvalue weighted by atomic mass is 10.1. The quantitative estimate of drug-likeness (QED) is 0.746. The number of unbranched alkanes of at least 4 members (excludes halogenated alkanes) is 1. The highest BCUT2D eigenvalue weighted by Gasteiger charge is 2.10. The van der Waals surface area contributed by atoms with Crippen LogP contribution in [0.3, 0.4) is 0 Å². The lowest BCUT2D eigenvalue weighted by Crippen LogP contribution is -2.36. The molecule has 0 aliphatic heterocycles. The Morgan fingerprint density at radius 2 is 2.05 bits per heavy atom. The molecule has 0 aliphatic carbocycles. The van der Waals surface area contributed by atoms with Crippen molar-refractivity contribution in [1.82, 2.24) is 5.32 Å². The zero-order valence-electron chi connectivity index (χ0n) is 12.2. The first-order chi connectivity index (χ1) is 9.43. The Hall–Kier alpha value is -2.04. The zero-order chi connectivity index (χ0) is 15.1. The van der Waals surface area contributed by atoms with Crippen molar-refractivity contribution in [3.63, 3.8) is 0 Å². The highest BCUT2D eigenvalue weighted by Crippen LogP contribution is 2.16. The van der Waals surface area contributed by atoms with Gasteiger partial charge in [0.15, 0.2) is 0 Å². The van der Waals surface area contributed by atoms with E-state index >= 15 is 0 Å². The monoisotopic (exact) mass is 278 g/mol. The molecule has 0 aliphatic rings. The summed E-state index contributed by atoms with van der Waals surface area (Å²) in [6, 6.07) is 4.48. The van der Waals surface area contributed by atoms with Crippen LogP contribution in [-0.2, 0) is 0 Å². The van der Waals surface area contributed by atoms with Gasteiger partial charge in [0.25, 0.3) is 0 Å². The summed E-state index contributed by atoms with van der Waals surface area (Å²) in [5.74, 6) is -0.975. The van der Waals surface area contributed by atoms with Gasteiger partial charge in [-0.15, -0.1) is 0 Å². The van der Waals surface area contributed by atoms with Crippen molar-refractivity contribution in [2.24, 2.45) is 0 Å². The number of aryl methyl sites for hydroxylation is 1. The molecule has 0 heterocycles. The number of benzene rings is 1. The maximum absolute atomic E-state index is 11.8. The van der Waals surface area contributed by atoms with Crippen LogP contribution in [0.2, 0.25) is 0 Å². The van der Waals surface area contributed by atoms with Crippen molar-refractivity contribution in [2.45, 2.75) is 46.1 Å². The molecule has 0 aromatic heterocycles. The molecule has 0 fully saturated rings. The largest absolute Gasteiger partial charge is 0.478 e. The van der Waals surface area contributed by atoms with Crippen LogP contribution in [0.4, 0.5) is 10.5 Å². The predicted molar refractivity (Wildman–Crippen MR) is 79.3 cm³/mol. The van der Waals surface area contributed by atoms with Gasteiger partial charge in [-0.25, -0.2) is 9.59 Å². The lowest BCUT2D eigenvalue weighted by Gasteiger charge is -2.15. The van der Waals surface area contributed by atoms with Gasteiger partial charge in [-0.3, -0.25) is 0 Å². The molecule has 0 radical (unpaired) electrons. The van der Waals surface area contributed by atoms with E-state index in [1.165, 1.54) is 6.07 Å². The Balaban J connectivity index is 2.60. The van der Waals surface area contributed by atoms with Gasteiger partial charge in [0.1, 0.15) is 0 Å². The number of amides is 2. The Labute approximate surface area is 119 Å². The molecular weight excluding hydrogens is 256 g/mol. The molecule has 0 bridgehead atoms. The second kappa shape index (κ2) is 7.53. The maximum Gasteiger partial charge on any atom is 0.335 e. The molecule has 1 rings (SSSR count). The topological polar surface area (TPSA) is 78.4 Å². The van der Waals surface area contributed by atoms with E-state index in [0.717, 1.165) is 24.8 Å². The summed E-state index contributed by atoms with van der Waals surface area (Å²) < 4.78 is 0. The van der Waals surface area contributed by atoms with Crippen LogP contribution < -0.4 is 10.6 Å². The number of carbonyl (C=O) groups excluding carboxylic acids is 1. The van der Waals surface area contributed by atoms with Crippen LogP contribution in [0.5, 0.6) is 0 Å². The molecule has 5 heteroatoms. The summed E-state index contributed by atoms with van der Waals surface area (Å²) in [5.41, 5.74) is 1.56. The van der Waals surface area contributed by atoms with Gasteiger partial charge >= 0.3 is 12.0 Å². The number of carboxylic acids is 1. The van der Waals surface area contributed by atoms with Crippen molar-refractivity contribution < 1.29 is 14.7 Å². The zero-order valence-corrected chi connectivity index (χ0v) is 12.2. The first-order valence-corrected chi connectivity index (χ1v) is 6.85. The third-order valence-corrected chi connectivity index (χ3v) is 3.09. The molecule has 1 aromatic carbocycles. The normalized spacial score (nSPS) is 11.8.